The second-order valence-electron chi connectivity index (χ2n) is 5.77. The molecule has 0 radical (unpaired) electrons. The summed E-state index contributed by atoms with van der Waals surface area (Å²) >= 11 is 9.51. The minimum absolute atomic E-state index is 0.0397. The van der Waals surface area contributed by atoms with Gasteiger partial charge >= 0.3 is 0 Å². The molecule has 1 fully saturated rings. The van der Waals surface area contributed by atoms with Gasteiger partial charge in [0.05, 0.1) is 5.02 Å². The molecule has 2 rings (SSSR count). The summed E-state index contributed by atoms with van der Waals surface area (Å²) in [5.41, 5.74) is 7.20. The Bertz CT molecular complexity index is 438. The minimum Gasteiger partial charge on any atom is -0.378 e. The lowest BCUT2D eigenvalue weighted by Gasteiger charge is -2.34. The Labute approximate surface area is 129 Å². The van der Waals surface area contributed by atoms with Gasteiger partial charge in [0.2, 0.25) is 0 Å². The number of halogens is 2. The third-order valence-corrected chi connectivity index (χ3v) is 5.40. The van der Waals surface area contributed by atoms with Crippen LogP contribution in [0.5, 0.6) is 0 Å². The molecule has 0 bridgehead atoms. The summed E-state index contributed by atoms with van der Waals surface area (Å²) in [6.07, 6.45) is 6.10. The van der Waals surface area contributed by atoms with Crippen LogP contribution in [-0.4, -0.2) is 12.1 Å². The molecule has 2 nitrogen and oxygen atoms in total. The summed E-state index contributed by atoms with van der Waals surface area (Å²) in [6.45, 7) is 3.02. The molecule has 19 heavy (non-hydrogen) atoms. The van der Waals surface area contributed by atoms with Crippen molar-refractivity contribution in [3.05, 3.63) is 27.7 Å². The Kier molecular flexibility index (Phi) is 5.15. The average Bonchev–Trinajstić information content (AvgIpc) is 2.57. The Morgan fingerprint density at radius 3 is 2.89 bits per heavy atom. The zero-order valence-electron chi connectivity index (χ0n) is 11.4. The topological polar surface area (TPSA) is 38.0 Å². The first-order valence-corrected chi connectivity index (χ1v) is 8.15. The maximum Gasteiger partial charge on any atom is 0.0549 e. The molecule has 1 aromatic carbocycles. The predicted molar refractivity (Wildman–Crippen MR) is 86.8 cm³/mol. The highest BCUT2D eigenvalue weighted by Crippen LogP contribution is 2.34. The third kappa shape index (κ3) is 3.87. The van der Waals surface area contributed by atoms with Gasteiger partial charge < -0.3 is 11.1 Å². The third-order valence-electron chi connectivity index (χ3n) is 4.19. The van der Waals surface area contributed by atoms with Crippen LogP contribution in [-0.2, 0) is 0 Å². The molecule has 2 unspecified atom stereocenters. The second-order valence-corrected chi connectivity index (χ2v) is 7.04. The monoisotopic (exact) mass is 344 g/mol. The van der Waals surface area contributed by atoms with Gasteiger partial charge in [-0.05, 0) is 59.3 Å². The molecule has 1 aromatic rings. The Morgan fingerprint density at radius 1 is 1.42 bits per heavy atom. The highest BCUT2D eigenvalue weighted by molar-refractivity contribution is 9.10. The maximum absolute atomic E-state index is 6.07. The molecular weight excluding hydrogens is 324 g/mol. The van der Waals surface area contributed by atoms with Crippen LogP contribution in [0.4, 0.5) is 5.69 Å². The van der Waals surface area contributed by atoms with Crippen molar-refractivity contribution in [2.24, 2.45) is 11.7 Å². The van der Waals surface area contributed by atoms with Gasteiger partial charge in [-0.25, -0.2) is 0 Å². The lowest BCUT2D eigenvalue weighted by Crippen LogP contribution is -2.45. The molecule has 3 N–H and O–H groups in total. The van der Waals surface area contributed by atoms with Crippen molar-refractivity contribution >= 4 is 33.2 Å². The zero-order valence-corrected chi connectivity index (χ0v) is 13.7. The summed E-state index contributed by atoms with van der Waals surface area (Å²) in [5, 5.41) is 4.40. The maximum atomic E-state index is 6.07. The van der Waals surface area contributed by atoms with Gasteiger partial charge in [-0.2, -0.15) is 0 Å². The standard InChI is InChI=1S/C15H22BrClN2/c1-11-3-2-7-15(10-18,8-6-11)19-12-4-5-14(17)13(16)9-12/h4-5,9,11,19H,2-3,6-8,10,18H2,1H3. The molecule has 1 aliphatic carbocycles. The van der Waals surface area contributed by atoms with Crippen LogP contribution in [0.15, 0.2) is 22.7 Å². The fraction of sp³-hybridized carbons (Fsp3) is 0.600. The lowest BCUT2D eigenvalue weighted by atomic mass is 9.89. The van der Waals surface area contributed by atoms with Crippen molar-refractivity contribution in [3.8, 4) is 0 Å². The molecule has 0 aliphatic heterocycles. The van der Waals surface area contributed by atoms with Gasteiger partial charge in [-0.15, -0.1) is 0 Å². The summed E-state index contributed by atoms with van der Waals surface area (Å²) in [5.74, 6) is 0.812. The van der Waals surface area contributed by atoms with E-state index < -0.39 is 0 Å². The van der Waals surface area contributed by atoms with E-state index in [1.54, 1.807) is 0 Å². The molecule has 1 aliphatic rings. The molecule has 0 heterocycles. The summed E-state index contributed by atoms with van der Waals surface area (Å²) in [7, 11) is 0. The number of anilines is 1. The number of hydrogen-bond donors (Lipinski definition) is 2. The second kappa shape index (κ2) is 6.47. The van der Waals surface area contributed by atoms with Crippen LogP contribution >= 0.6 is 27.5 Å². The van der Waals surface area contributed by atoms with Crippen LogP contribution < -0.4 is 11.1 Å². The van der Waals surface area contributed by atoms with E-state index in [0.29, 0.717) is 6.54 Å². The van der Waals surface area contributed by atoms with Crippen molar-refractivity contribution in [1.82, 2.24) is 0 Å². The molecule has 4 heteroatoms. The molecule has 106 valence electrons. The Balaban J connectivity index is 2.15. The lowest BCUT2D eigenvalue weighted by molar-refractivity contribution is 0.409. The van der Waals surface area contributed by atoms with Crippen molar-refractivity contribution in [3.63, 3.8) is 0 Å². The minimum atomic E-state index is 0.0397. The van der Waals surface area contributed by atoms with E-state index >= 15 is 0 Å². The van der Waals surface area contributed by atoms with Crippen molar-refractivity contribution in [2.45, 2.75) is 44.6 Å². The summed E-state index contributed by atoms with van der Waals surface area (Å²) in [6, 6.07) is 5.98. The quantitative estimate of drug-likeness (QED) is 0.771. The smallest absolute Gasteiger partial charge is 0.0549 e. The number of hydrogen-bond acceptors (Lipinski definition) is 2. The largest absolute Gasteiger partial charge is 0.378 e. The first-order chi connectivity index (χ1) is 9.04. The van der Waals surface area contributed by atoms with Gasteiger partial charge in [0.1, 0.15) is 0 Å². The van der Waals surface area contributed by atoms with E-state index in [1.165, 1.54) is 19.3 Å². The van der Waals surface area contributed by atoms with Gasteiger partial charge in [0, 0.05) is 22.2 Å². The van der Waals surface area contributed by atoms with Crippen molar-refractivity contribution in [2.75, 3.05) is 11.9 Å². The molecule has 2 atom stereocenters. The van der Waals surface area contributed by atoms with Crippen LogP contribution in [0.1, 0.15) is 39.0 Å². The van der Waals surface area contributed by atoms with E-state index in [2.05, 4.69) is 28.2 Å². The molecular formula is C15H22BrClN2. The SMILES string of the molecule is CC1CCCC(CN)(Nc2ccc(Cl)c(Br)c2)CC1. The molecule has 0 aromatic heterocycles. The molecule has 1 saturated carbocycles. The van der Waals surface area contributed by atoms with E-state index in [1.807, 2.05) is 18.2 Å². The zero-order chi connectivity index (χ0) is 13.9. The number of rotatable bonds is 3. The molecule has 0 amide bonds. The van der Waals surface area contributed by atoms with Crippen LogP contribution in [0.25, 0.3) is 0 Å². The highest BCUT2D eigenvalue weighted by atomic mass is 79.9. The van der Waals surface area contributed by atoms with Crippen molar-refractivity contribution < 1.29 is 0 Å². The molecule has 0 spiro atoms. The van der Waals surface area contributed by atoms with Crippen LogP contribution in [0.3, 0.4) is 0 Å². The molecule has 0 saturated heterocycles. The first kappa shape index (κ1) is 15.1. The number of nitrogens with two attached hydrogens (primary N) is 1. The van der Waals surface area contributed by atoms with Crippen molar-refractivity contribution in [1.29, 1.82) is 0 Å². The predicted octanol–water partition coefficient (Wildman–Crippen LogP) is 4.81. The highest BCUT2D eigenvalue weighted by Gasteiger charge is 2.30. The van der Waals surface area contributed by atoms with Gasteiger partial charge in [0.15, 0.2) is 0 Å². The normalized spacial score (nSPS) is 27.9. The Hall–Kier alpha value is -0.250. The first-order valence-electron chi connectivity index (χ1n) is 6.98. The summed E-state index contributed by atoms with van der Waals surface area (Å²) in [4.78, 5) is 0. The summed E-state index contributed by atoms with van der Waals surface area (Å²) < 4.78 is 0.924. The van der Waals surface area contributed by atoms with Gasteiger partial charge in [-0.3, -0.25) is 0 Å². The van der Waals surface area contributed by atoms with E-state index in [0.717, 1.165) is 33.9 Å². The van der Waals surface area contributed by atoms with E-state index in [9.17, 15) is 0 Å². The fourth-order valence-electron chi connectivity index (χ4n) is 2.84. The van der Waals surface area contributed by atoms with Crippen LogP contribution in [0.2, 0.25) is 5.02 Å². The van der Waals surface area contributed by atoms with E-state index in [-0.39, 0.29) is 5.54 Å². The van der Waals surface area contributed by atoms with Gasteiger partial charge in [-0.1, -0.05) is 31.4 Å². The Morgan fingerprint density at radius 2 is 2.21 bits per heavy atom. The van der Waals surface area contributed by atoms with Gasteiger partial charge in [0.25, 0.3) is 0 Å². The number of benzene rings is 1. The van der Waals surface area contributed by atoms with E-state index in [4.69, 9.17) is 17.3 Å². The average molecular weight is 346 g/mol. The number of nitrogens with one attached hydrogen (secondary N) is 1. The fourth-order valence-corrected chi connectivity index (χ4v) is 3.34. The van der Waals surface area contributed by atoms with Crippen LogP contribution in [0, 0.1) is 5.92 Å².